The van der Waals surface area contributed by atoms with E-state index in [1.807, 2.05) is 0 Å². The summed E-state index contributed by atoms with van der Waals surface area (Å²) < 4.78 is 32.0. The number of phenolic OH excluding ortho intramolecular Hbond substituents is 1. The van der Waals surface area contributed by atoms with Gasteiger partial charge in [0.1, 0.15) is 11.8 Å². The van der Waals surface area contributed by atoms with Crippen LogP contribution in [0.3, 0.4) is 0 Å². The summed E-state index contributed by atoms with van der Waals surface area (Å²) in [6.45, 7) is 1.19. The Morgan fingerprint density at radius 3 is 2.65 bits per heavy atom. The Morgan fingerprint density at radius 1 is 1.60 bits per heavy atom. The summed E-state index contributed by atoms with van der Waals surface area (Å²) in [5.74, 6) is -6.35. The number of esters is 1. The Bertz CT molecular complexity index is 503. The molecule has 1 atom stereocenters. The molecule has 0 aliphatic rings. The van der Waals surface area contributed by atoms with E-state index in [1.165, 1.54) is 19.1 Å². The van der Waals surface area contributed by atoms with Crippen LogP contribution in [0.15, 0.2) is 16.6 Å². The van der Waals surface area contributed by atoms with E-state index in [0.29, 0.717) is 0 Å². The molecule has 0 saturated carbocycles. The Kier molecular flexibility index (Phi) is 7.17. The van der Waals surface area contributed by atoms with E-state index in [4.69, 9.17) is 17.3 Å². The second-order valence-electron chi connectivity index (χ2n) is 3.61. The molecule has 0 amide bonds. The van der Waals surface area contributed by atoms with Crippen molar-refractivity contribution in [2.75, 3.05) is 6.61 Å². The van der Waals surface area contributed by atoms with E-state index >= 15 is 0 Å². The second kappa shape index (κ2) is 7.40. The maximum absolute atomic E-state index is 13.8. The lowest BCUT2D eigenvalue weighted by Crippen LogP contribution is -2.42. The van der Waals surface area contributed by atoms with Gasteiger partial charge in [-0.2, -0.15) is 8.78 Å². The first-order valence-electron chi connectivity index (χ1n) is 5.20. The summed E-state index contributed by atoms with van der Waals surface area (Å²) in [6.07, 6.45) is 0. The van der Waals surface area contributed by atoms with Gasteiger partial charge in [0, 0.05) is 10.0 Å². The Balaban J connectivity index is 0.00000361. The molecule has 0 unspecified atom stereocenters. The minimum atomic E-state index is -3.99. The van der Waals surface area contributed by atoms with Gasteiger partial charge in [0.05, 0.1) is 11.6 Å². The highest BCUT2D eigenvalue weighted by atomic mass is 79.9. The highest BCUT2D eigenvalue weighted by molar-refractivity contribution is 9.10. The molecule has 3 N–H and O–H groups in total. The summed E-state index contributed by atoms with van der Waals surface area (Å²) in [7, 11) is 0. The number of rotatable bonds is 4. The SMILES string of the molecule is CCOC(=O)C(F)(F)[C@H](N)c1c(Br)ccc(Cl)c1O.Cl. The summed E-state index contributed by atoms with van der Waals surface area (Å²) in [6, 6.07) is 0.567. The third-order valence-corrected chi connectivity index (χ3v) is 3.36. The van der Waals surface area contributed by atoms with Crippen LogP contribution in [0.25, 0.3) is 0 Å². The van der Waals surface area contributed by atoms with E-state index in [-0.39, 0.29) is 34.1 Å². The zero-order valence-corrected chi connectivity index (χ0v) is 13.4. The number of benzene rings is 1. The minimum absolute atomic E-state index is 0. The number of alkyl halides is 2. The Labute approximate surface area is 133 Å². The third kappa shape index (κ3) is 3.72. The van der Waals surface area contributed by atoms with E-state index in [2.05, 4.69) is 20.7 Å². The van der Waals surface area contributed by atoms with Gasteiger partial charge in [-0.25, -0.2) is 4.79 Å². The molecule has 0 radical (unpaired) electrons. The summed E-state index contributed by atoms with van der Waals surface area (Å²) in [5.41, 5.74) is 5.02. The number of carbonyl (C=O) groups is 1. The van der Waals surface area contributed by atoms with Crippen molar-refractivity contribution < 1.29 is 23.4 Å². The van der Waals surface area contributed by atoms with Crippen molar-refractivity contribution in [3.8, 4) is 5.75 Å². The molecule has 1 rings (SSSR count). The van der Waals surface area contributed by atoms with E-state index in [0.717, 1.165) is 0 Å². The van der Waals surface area contributed by atoms with Gasteiger partial charge in [0.25, 0.3) is 0 Å². The molecular weight excluding hydrogens is 383 g/mol. The highest BCUT2D eigenvalue weighted by Gasteiger charge is 2.49. The zero-order valence-electron chi connectivity index (χ0n) is 10.2. The lowest BCUT2D eigenvalue weighted by Gasteiger charge is -2.23. The standard InChI is InChI=1S/C11H11BrClF2NO3.ClH/c1-2-19-10(18)11(14,15)9(16)7-5(12)3-4-6(13)8(7)17;/h3-4,9,17H,2,16H2,1H3;1H/t9-;/m1./s1. The molecule has 0 aromatic heterocycles. The van der Waals surface area contributed by atoms with Crippen LogP contribution < -0.4 is 5.73 Å². The zero-order chi connectivity index (χ0) is 14.8. The van der Waals surface area contributed by atoms with E-state index < -0.39 is 23.7 Å². The number of hydrogen-bond donors (Lipinski definition) is 2. The molecule has 0 spiro atoms. The lowest BCUT2D eigenvalue weighted by molar-refractivity contribution is -0.174. The number of nitrogens with two attached hydrogens (primary N) is 1. The van der Waals surface area contributed by atoms with E-state index in [9.17, 15) is 18.7 Å². The molecule has 0 heterocycles. The highest BCUT2D eigenvalue weighted by Crippen LogP contribution is 2.42. The van der Waals surface area contributed by atoms with Crippen molar-refractivity contribution in [1.29, 1.82) is 0 Å². The van der Waals surface area contributed by atoms with Crippen molar-refractivity contribution in [1.82, 2.24) is 0 Å². The maximum Gasteiger partial charge on any atom is 0.379 e. The van der Waals surface area contributed by atoms with Crippen LogP contribution in [-0.4, -0.2) is 23.6 Å². The second-order valence-corrected chi connectivity index (χ2v) is 4.87. The van der Waals surface area contributed by atoms with Crippen LogP contribution in [0.5, 0.6) is 5.75 Å². The van der Waals surface area contributed by atoms with Crippen LogP contribution >= 0.6 is 39.9 Å². The van der Waals surface area contributed by atoms with Crippen molar-refractivity contribution >= 4 is 45.9 Å². The molecular formula is C11H12BrCl2F2NO3. The molecule has 20 heavy (non-hydrogen) atoms. The fourth-order valence-electron chi connectivity index (χ4n) is 1.39. The average Bonchev–Trinajstić information content (AvgIpc) is 2.34. The molecule has 0 bridgehead atoms. The molecule has 4 nitrogen and oxygen atoms in total. The smallest absolute Gasteiger partial charge is 0.379 e. The molecule has 0 fully saturated rings. The first-order chi connectivity index (χ1) is 8.73. The normalized spacial score (nSPS) is 12.5. The van der Waals surface area contributed by atoms with Crippen LogP contribution in [0.1, 0.15) is 18.5 Å². The molecule has 9 heteroatoms. The summed E-state index contributed by atoms with van der Waals surface area (Å²) >= 11 is 8.61. The molecule has 1 aromatic rings. The van der Waals surface area contributed by atoms with Crippen LogP contribution in [0, 0.1) is 0 Å². The summed E-state index contributed by atoms with van der Waals surface area (Å²) in [5, 5.41) is 9.55. The number of carbonyl (C=O) groups excluding carboxylic acids is 1. The van der Waals surface area contributed by atoms with Gasteiger partial charge < -0.3 is 15.6 Å². The van der Waals surface area contributed by atoms with Crippen LogP contribution in [0.2, 0.25) is 5.02 Å². The van der Waals surface area contributed by atoms with Gasteiger partial charge in [0.15, 0.2) is 0 Å². The average molecular weight is 395 g/mol. The van der Waals surface area contributed by atoms with Gasteiger partial charge >= 0.3 is 11.9 Å². The van der Waals surface area contributed by atoms with Gasteiger partial charge in [-0.1, -0.05) is 27.5 Å². The van der Waals surface area contributed by atoms with E-state index in [1.54, 1.807) is 0 Å². The fourth-order valence-corrected chi connectivity index (χ4v) is 2.12. The quantitative estimate of drug-likeness (QED) is 0.767. The monoisotopic (exact) mass is 393 g/mol. The Hall–Kier alpha value is -0.630. The minimum Gasteiger partial charge on any atom is -0.506 e. The lowest BCUT2D eigenvalue weighted by atomic mass is 10.0. The number of hydrogen-bond acceptors (Lipinski definition) is 4. The van der Waals surface area contributed by atoms with Crippen molar-refractivity contribution in [2.45, 2.75) is 18.9 Å². The predicted octanol–water partition coefficient (Wildman–Crippen LogP) is 3.43. The molecule has 0 saturated heterocycles. The Morgan fingerprint density at radius 2 is 2.15 bits per heavy atom. The molecule has 114 valence electrons. The van der Waals surface area contributed by atoms with Crippen LogP contribution in [0.4, 0.5) is 8.78 Å². The largest absolute Gasteiger partial charge is 0.506 e. The first kappa shape index (κ1) is 19.4. The number of aromatic hydroxyl groups is 1. The molecule has 0 aliphatic heterocycles. The number of ether oxygens (including phenoxy) is 1. The fraction of sp³-hybridized carbons (Fsp3) is 0.364. The number of phenols is 1. The van der Waals surface area contributed by atoms with Crippen LogP contribution in [-0.2, 0) is 9.53 Å². The topological polar surface area (TPSA) is 72.5 Å². The van der Waals surface area contributed by atoms with Gasteiger partial charge in [-0.05, 0) is 19.1 Å². The number of halogens is 5. The van der Waals surface area contributed by atoms with Crippen molar-refractivity contribution in [3.05, 3.63) is 27.2 Å². The first-order valence-corrected chi connectivity index (χ1v) is 6.38. The molecule has 0 aliphatic carbocycles. The van der Waals surface area contributed by atoms with Gasteiger partial charge in [-0.15, -0.1) is 12.4 Å². The van der Waals surface area contributed by atoms with Gasteiger partial charge in [-0.3, -0.25) is 0 Å². The maximum atomic E-state index is 13.8. The molecule has 1 aromatic carbocycles. The van der Waals surface area contributed by atoms with Crippen molar-refractivity contribution in [2.24, 2.45) is 5.73 Å². The third-order valence-electron chi connectivity index (χ3n) is 2.36. The van der Waals surface area contributed by atoms with Gasteiger partial charge in [0.2, 0.25) is 0 Å². The summed E-state index contributed by atoms with van der Waals surface area (Å²) in [4.78, 5) is 11.2. The van der Waals surface area contributed by atoms with Crippen molar-refractivity contribution in [3.63, 3.8) is 0 Å². The predicted molar refractivity (Wildman–Crippen MR) is 76.6 cm³/mol.